The number of rotatable bonds is 10. The monoisotopic (exact) mass is 430 g/mol. The summed E-state index contributed by atoms with van der Waals surface area (Å²) in [6.45, 7) is 8.94. The van der Waals surface area contributed by atoms with Gasteiger partial charge < -0.3 is 14.8 Å². The van der Waals surface area contributed by atoms with Gasteiger partial charge in [-0.1, -0.05) is 50.2 Å². The lowest BCUT2D eigenvalue weighted by Gasteiger charge is -2.29. The highest BCUT2D eigenvalue weighted by atomic mass is 32.2. The number of para-hydroxylation sites is 1. The van der Waals surface area contributed by atoms with Crippen LogP contribution in [0.2, 0.25) is 0 Å². The molecule has 0 saturated heterocycles. The van der Waals surface area contributed by atoms with Crippen LogP contribution in [0.4, 0.5) is 5.95 Å². The van der Waals surface area contributed by atoms with Crippen molar-refractivity contribution in [3.63, 3.8) is 0 Å². The van der Waals surface area contributed by atoms with Gasteiger partial charge in [0.15, 0.2) is 0 Å². The maximum atomic E-state index is 13.1. The van der Waals surface area contributed by atoms with E-state index in [1.165, 1.54) is 0 Å². The van der Waals surface area contributed by atoms with Gasteiger partial charge in [0.2, 0.25) is 11.1 Å². The fourth-order valence-corrected chi connectivity index (χ4v) is 4.00. The third kappa shape index (κ3) is 4.80. The molecule has 1 N–H and O–H groups in total. The van der Waals surface area contributed by atoms with Crippen molar-refractivity contribution in [1.29, 1.82) is 0 Å². The summed E-state index contributed by atoms with van der Waals surface area (Å²) in [6.07, 6.45) is 2.83. The number of carbonyl (C=O) groups is 1. The van der Waals surface area contributed by atoms with Gasteiger partial charge in [0.1, 0.15) is 11.8 Å². The van der Waals surface area contributed by atoms with Gasteiger partial charge in [-0.3, -0.25) is 0 Å². The summed E-state index contributed by atoms with van der Waals surface area (Å²) in [6, 6.07) is 7.29. The van der Waals surface area contributed by atoms with E-state index in [4.69, 9.17) is 14.6 Å². The molecule has 8 heteroatoms. The Balaban J connectivity index is 2.07. The smallest absolute Gasteiger partial charge is 0.338 e. The van der Waals surface area contributed by atoms with E-state index in [9.17, 15) is 4.79 Å². The maximum absolute atomic E-state index is 13.1. The lowest BCUT2D eigenvalue weighted by atomic mass is 9.95. The molecular weight excluding hydrogens is 400 g/mol. The van der Waals surface area contributed by atoms with Gasteiger partial charge in [0.25, 0.3) is 0 Å². The second kappa shape index (κ2) is 10.5. The second-order valence-electron chi connectivity index (χ2n) is 7.04. The molecule has 0 fully saturated rings. The van der Waals surface area contributed by atoms with Gasteiger partial charge in [-0.15, -0.1) is 5.10 Å². The van der Waals surface area contributed by atoms with Gasteiger partial charge in [0, 0.05) is 17.0 Å². The number of nitrogens with one attached hydrogen (secondary N) is 1. The largest absolute Gasteiger partial charge is 0.494 e. The average molecular weight is 431 g/mol. The molecule has 1 aliphatic heterocycles. The minimum Gasteiger partial charge on any atom is -0.494 e. The van der Waals surface area contributed by atoms with Crippen LogP contribution >= 0.6 is 11.8 Å². The van der Waals surface area contributed by atoms with Gasteiger partial charge in [-0.05, 0) is 32.8 Å². The van der Waals surface area contributed by atoms with Crippen molar-refractivity contribution in [3.8, 4) is 5.75 Å². The third-order valence-corrected chi connectivity index (χ3v) is 5.78. The number of fused-ring (bicyclic) bond motifs is 1. The molecular formula is C22H30N4O3S. The lowest BCUT2D eigenvalue weighted by molar-refractivity contribution is -0.139. The van der Waals surface area contributed by atoms with Gasteiger partial charge in [0.05, 0.1) is 18.8 Å². The zero-order valence-corrected chi connectivity index (χ0v) is 18.9. The number of carbonyl (C=O) groups excluding carboxylic acids is 1. The molecule has 162 valence electrons. The number of hydrogen-bond donors (Lipinski definition) is 1. The summed E-state index contributed by atoms with van der Waals surface area (Å²) in [7, 11) is 0. The highest BCUT2D eigenvalue weighted by Gasteiger charge is 2.36. The standard InChI is InChI=1S/C22H30N4O3S/c1-5-8-13-29-20(27)18-15(4)23-21-24-22(30-14-6-2)25-26(21)19(18)16-11-9-10-12-17(16)28-7-3/h9-12,19H,5-8,13-14H2,1-4H3,(H,23,24,25). The van der Waals surface area contributed by atoms with Crippen LogP contribution in [0, 0.1) is 0 Å². The van der Waals surface area contributed by atoms with E-state index in [2.05, 4.69) is 24.1 Å². The number of hydrogen-bond acceptors (Lipinski definition) is 7. The van der Waals surface area contributed by atoms with Crippen molar-refractivity contribution in [3.05, 3.63) is 41.1 Å². The molecule has 3 rings (SSSR count). The molecule has 2 heterocycles. The van der Waals surface area contributed by atoms with Crippen LogP contribution in [0.3, 0.4) is 0 Å². The summed E-state index contributed by atoms with van der Waals surface area (Å²) in [5, 5.41) is 8.65. The topological polar surface area (TPSA) is 78.3 Å². The Morgan fingerprint density at radius 2 is 2.03 bits per heavy atom. The van der Waals surface area contributed by atoms with Crippen LogP contribution in [-0.2, 0) is 9.53 Å². The molecule has 0 bridgehead atoms. The molecule has 0 spiro atoms. The Morgan fingerprint density at radius 3 is 2.77 bits per heavy atom. The Morgan fingerprint density at radius 1 is 1.23 bits per heavy atom. The SMILES string of the molecule is CCCCOC(=O)C1=C(C)Nc2nc(SCCC)nn2C1c1ccccc1OCC. The molecule has 1 unspecified atom stereocenters. The Labute approximate surface area is 182 Å². The number of thioether (sulfide) groups is 1. The molecule has 1 atom stereocenters. The normalized spacial score (nSPS) is 15.5. The predicted molar refractivity (Wildman–Crippen MR) is 119 cm³/mol. The Hall–Kier alpha value is -2.48. The number of unbranched alkanes of at least 4 members (excludes halogenated alkanes) is 1. The molecule has 0 aliphatic carbocycles. The number of anilines is 1. The molecule has 0 radical (unpaired) electrons. The number of esters is 1. The molecule has 2 aromatic rings. The fourth-order valence-electron chi connectivity index (χ4n) is 3.32. The van der Waals surface area contributed by atoms with Crippen molar-refractivity contribution >= 4 is 23.7 Å². The predicted octanol–water partition coefficient (Wildman–Crippen LogP) is 4.81. The minimum absolute atomic E-state index is 0.339. The van der Waals surface area contributed by atoms with E-state index in [1.807, 2.05) is 38.1 Å². The number of aromatic nitrogens is 3. The van der Waals surface area contributed by atoms with Gasteiger partial charge >= 0.3 is 5.97 Å². The van der Waals surface area contributed by atoms with E-state index in [-0.39, 0.29) is 5.97 Å². The molecule has 30 heavy (non-hydrogen) atoms. The Kier molecular flexibility index (Phi) is 7.79. The molecule has 1 aromatic heterocycles. The van der Waals surface area contributed by atoms with Crippen molar-refractivity contribution in [2.45, 2.75) is 58.2 Å². The van der Waals surface area contributed by atoms with Crippen molar-refractivity contribution in [2.75, 3.05) is 24.3 Å². The fraction of sp³-hybridized carbons (Fsp3) is 0.500. The van der Waals surface area contributed by atoms with Crippen LogP contribution in [0.25, 0.3) is 0 Å². The molecule has 1 aromatic carbocycles. The lowest BCUT2D eigenvalue weighted by Crippen LogP contribution is -2.30. The second-order valence-corrected chi connectivity index (χ2v) is 8.10. The van der Waals surface area contributed by atoms with Crippen LogP contribution in [0.15, 0.2) is 40.7 Å². The minimum atomic E-state index is -0.471. The van der Waals surface area contributed by atoms with Crippen LogP contribution in [0.1, 0.15) is 58.6 Å². The van der Waals surface area contributed by atoms with E-state index >= 15 is 0 Å². The summed E-state index contributed by atoms with van der Waals surface area (Å²) in [4.78, 5) is 17.7. The van der Waals surface area contributed by atoms with Crippen LogP contribution in [0.5, 0.6) is 5.75 Å². The first-order valence-corrected chi connectivity index (χ1v) is 11.5. The van der Waals surface area contributed by atoms with Gasteiger partial charge in [-0.25, -0.2) is 9.48 Å². The molecule has 0 amide bonds. The molecule has 7 nitrogen and oxygen atoms in total. The molecule has 1 aliphatic rings. The maximum Gasteiger partial charge on any atom is 0.338 e. The van der Waals surface area contributed by atoms with E-state index < -0.39 is 6.04 Å². The first-order valence-electron chi connectivity index (χ1n) is 10.6. The van der Waals surface area contributed by atoms with Crippen molar-refractivity contribution < 1.29 is 14.3 Å². The first-order chi connectivity index (χ1) is 14.6. The quantitative estimate of drug-likeness (QED) is 0.329. The van der Waals surface area contributed by atoms with Crippen LogP contribution in [-0.4, -0.2) is 39.7 Å². The summed E-state index contributed by atoms with van der Waals surface area (Å²) in [5.74, 6) is 1.94. The van der Waals surface area contributed by atoms with E-state index in [1.54, 1.807) is 16.4 Å². The van der Waals surface area contributed by atoms with Gasteiger partial charge in [-0.2, -0.15) is 4.98 Å². The molecule has 0 saturated carbocycles. The van der Waals surface area contributed by atoms with Crippen LogP contribution < -0.4 is 10.1 Å². The number of ether oxygens (including phenoxy) is 2. The summed E-state index contributed by atoms with van der Waals surface area (Å²) < 4.78 is 13.2. The number of benzene rings is 1. The number of nitrogens with zero attached hydrogens (tertiary/aromatic N) is 3. The highest BCUT2D eigenvalue weighted by molar-refractivity contribution is 7.99. The Bertz CT molecular complexity index is 910. The average Bonchev–Trinajstić information content (AvgIpc) is 3.14. The van der Waals surface area contributed by atoms with Crippen molar-refractivity contribution in [1.82, 2.24) is 14.8 Å². The first kappa shape index (κ1) is 22.2. The van der Waals surface area contributed by atoms with E-state index in [0.29, 0.717) is 29.9 Å². The third-order valence-electron chi connectivity index (χ3n) is 4.73. The summed E-state index contributed by atoms with van der Waals surface area (Å²) in [5.41, 5.74) is 2.11. The van der Waals surface area contributed by atoms with Crippen molar-refractivity contribution in [2.24, 2.45) is 0 Å². The zero-order chi connectivity index (χ0) is 21.5. The summed E-state index contributed by atoms with van der Waals surface area (Å²) >= 11 is 1.60. The zero-order valence-electron chi connectivity index (χ0n) is 18.1. The highest BCUT2D eigenvalue weighted by Crippen LogP contribution is 2.40. The number of allylic oxidation sites excluding steroid dienone is 1. The van der Waals surface area contributed by atoms with E-state index in [0.717, 1.165) is 42.0 Å².